The van der Waals surface area contributed by atoms with Crippen molar-refractivity contribution in [3.63, 3.8) is 0 Å². The van der Waals surface area contributed by atoms with Gasteiger partial charge in [0.1, 0.15) is 16.3 Å². The Bertz CT molecular complexity index is 1530. The monoisotopic (exact) mass is 540 g/mol. The summed E-state index contributed by atoms with van der Waals surface area (Å²) in [7, 11) is 0. The first-order valence-corrected chi connectivity index (χ1v) is 13.1. The van der Waals surface area contributed by atoms with Crippen LogP contribution in [0.4, 0.5) is 5.69 Å². The average molecular weight is 542 g/mol. The lowest BCUT2D eigenvalue weighted by Crippen LogP contribution is -2.15. The van der Waals surface area contributed by atoms with Gasteiger partial charge in [0.2, 0.25) is 0 Å². The Morgan fingerprint density at radius 1 is 0.914 bits per heavy atom. The molecular formula is C29H25BrN4S. The lowest BCUT2D eigenvalue weighted by Gasteiger charge is -2.12. The van der Waals surface area contributed by atoms with E-state index in [2.05, 4.69) is 110 Å². The minimum atomic E-state index is 0.679. The summed E-state index contributed by atoms with van der Waals surface area (Å²) < 4.78 is 5.54. The summed E-state index contributed by atoms with van der Waals surface area (Å²) in [4.78, 5) is 0.679. The zero-order chi connectivity index (χ0) is 23.9. The highest BCUT2D eigenvalue weighted by Gasteiger charge is 2.29. The summed E-state index contributed by atoms with van der Waals surface area (Å²) in [6.07, 6.45) is 3.26. The van der Waals surface area contributed by atoms with E-state index in [1.807, 2.05) is 6.07 Å². The SMILES string of the molecule is Cc1ccc(NC(=S)c2c(-c3ccc(Br)cc3)c3c4n(c(-c5ccccc5)nn24)CCCC3)cc1. The average Bonchev–Trinajstić information content (AvgIpc) is 3.29. The summed E-state index contributed by atoms with van der Waals surface area (Å²) in [5.74, 6) is 0.991. The number of nitrogens with one attached hydrogen (secondary N) is 1. The molecule has 0 atom stereocenters. The van der Waals surface area contributed by atoms with E-state index in [0.29, 0.717) is 4.99 Å². The van der Waals surface area contributed by atoms with Gasteiger partial charge in [0.15, 0.2) is 5.82 Å². The molecule has 1 aliphatic rings. The molecular weight excluding hydrogens is 516 g/mol. The summed E-state index contributed by atoms with van der Waals surface area (Å²) in [6, 6.07) is 27.3. The maximum absolute atomic E-state index is 6.07. The number of aromatic nitrogens is 3. The van der Waals surface area contributed by atoms with Gasteiger partial charge in [-0.3, -0.25) is 0 Å². The Hall–Kier alpha value is -3.22. The fourth-order valence-corrected chi connectivity index (χ4v) is 5.57. The number of hydrogen-bond acceptors (Lipinski definition) is 2. The molecule has 5 aromatic rings. The third kappa shape index (κ3) is 4.01. The van der Waals surface area contributed by atoms with E-state index >= 15 is 0 Å². The number of hydrogen-bond donors (Lipinski definition) is 1. The summed E-state index contributed by atoms with van der Waals surface area (Å²) >= 11 is 9.66. The molecule has 0 amide bonds. The van der Waals surface area contributed by atoms with Crippen LogP contribution in [0.1, 0.15) is 29.7 Å². The molecule has 1 aliphatic heterocycles. The van der Waals surface area contributed by atoms with Crippen LogP contribution in [0.5, 0.6) is 0 Å². The van der Waals surface area contributed by atoms with Crippen LogP contribution >= 0.6 is 28.1 Å². The van der Waals surface area contributed by atoms with Crippen LogP contribution in [0.2, 0.25) is 0 Å². The van der Waals surface area contributed by atoms with E-state index in [1.54, 1.807) is 0 Å². The van der Waals surface area contributed by atoms with Gasteiger partial charge < -0.3 is 9.88 Å². The second-order valence-electron chi connectivity index (χ2n) is 9.06. The molecule has 0 spiro atoms. The number of halogens is 1. The van der Waals surface area contributed by atoms with E-state index in [1.165, 1.54) is 16.7 Å². The van der Waals surface area contributed by atoms with Crippen LogP contribution < -0.4 is 5.32 Å². The highest BCUT2D eigenvalue weighted by molar-refractivity contribution is 9.10. The van der Waals surface area contributed by atoms with Gasteiger partial charge in [-0.25, -0.2) is 4.52 Å². The highest BCUT2D eigenvalue weighted by Crippen LogP contribution is 2.39. The van der Waals surface area contributed by atoms with Gasteiger partial charge in [0.05, 0.1) is 0 Å². The molecule has 3 heterocycles. The molecule has 0 radical (unpaired) electrons. The van der Waals surface area contributed by atoms with Crippen molar-refractivity contribution < 1.29 is 0 Å². The first kappa shape index (κ1) is 22.3. The fourth-order valence-electron chi connectivity index (χ4n) is 5.00. The van der Waals surface area contributed by atoms with Crippen molar-refractivity contribution >= 4 is 44.5 Å². The number of rotatable bonds is 4. The molecule has 2 aromatic heterocycles. The Kier molecular flexibility index (Phi) is 5.78. The molecule has 6 heteroatoms. The highest BCUT2D eigenvalue weighted by atomic mass is 79.9. The standard InChI is InChI=1S/C29H25BrN4S/c1-19-10-16-23(17-11-19)31-28(35)26-25(20-12-14-22(30)15-13-20)24-9-5-6-18-33-27(32-34(26)29(24)33)21-7-3-2-4-8-21/h2-4,7-8,10-17H,5-6,9,18H2,1H3,(H,31,35). The fraction of sp³-hybridized carbons (Fsp3) is 0.172. The molecule has 0 unspecified atom stereocenters. The number of aryl methyl sites for hydroxylation is 3. The summed E-state index contributed by atoms with van der Waals surface area (Å²) in [6.45, 7) is 3.04. The quantitative estimate of drug-likeness (QED) is 0.237. The van der Waals surface area contributed by atoms with Gasteiger partial charge in [-0.05, 0) is 56.0 Å². The van der Waals surface area contributed by atoms with Gasteiger partial charge in [-0.1, -0.05) is 88.3 Å². The topological polar surface area (TPSA) is 34.3 Å². The van der Waals surface area contributed by atoms with Gasteiger partial charge in [-0.2, -0.15) is 0 Å². The predicted octanol–water partition coefficient (Wildman–Crippen LogP) is 7.66. The van der Waals surface area contributed by atoms with E-state index in [9.17, 15) is 0 Å². The van der Waals surface area contributed by atoms with Crippen LogP contribution in [0, 0.1) is 6.92 Å². The smallest absolute Gasteiger partial charge is 0.162 e. The molecule has 0 fully saturated rings. The molecule has 3 aromatic carbocycles. The maximum atomic E-state index is 6.07. The van der Waals surface area contributed by atoms with Crippen LogP contribution in [0.25, 0.3) is 28.2 Å². The minimum Gasteiger partial charge on any atom is -0.345 e. The van der Waals surface area contributed by atoms with Crippen molar-refractivity contribution in [2.24, 2.45) is 0 Å². The van der Waals surface area contributed by atoms with Crippen LogP contribution in [0.3, 0.4) is 0 Å². The van der Waals surface area contributed by atoms with Crippen molar-refractivity contribution in [1.29, 1.82) is 0 Å². The number of thiocarbonyl (C=S) groups is 1. The Morgan fingerprint density at radius 3 is 2.40 bits per heavy atom. The molecule has 0 aliphatic carbocycles. The number of nitrogens with zero attached hydrogens (tertiary/aromatic N) is 3. The molecule has 174 valence electrons. The molecule has 4 nitrogen and oxygen atoms in total. The molecule has 6 rings (SSSR count). The Balaban J connectivity index is 1.60. The Morgan fingerprint density at radius 2 is 1.66 bits per heavy atom. The molecule has 0 saturated carbocycles. The molecule has 0 saturated heterocycles. The minimum absolute atomic E-state index is 0.679. The van der Waals surface area contributed by atoms with Gasteiger partial charge in [0, 0.05) is 33.4 Å². The third-order valence-corrected chi connectivity index (χ3v) is 7.50. The van der Waals surface area contributed by atoms with Crippen molar-refractivity contribution in [1.82, 2.24) is 14.2 Å². The van der Waals surface area contributed by atoms with Crippen molar-refractivity contribution in [3.05, 3.63) is 100 Å². The maximum Gasteiger partial charge on any atom is 0.162 e. The molecule has 0 bridgehead atoms. The normalized spacial score (nSPS) is 13.1. The number of benzene rings is 3. The second-order valence-corrected chi connectivity index (χ2v) is 10.4. The van der Waals surface area contributed by atoms with Gasteiger partial charge >= 0.3 is 0 Å². The third-order valence-electron chi connectivity index (χ3n) is 6.67. The van der Waals surface area contributed by atoms with Crippen molar-refractivity contribution in [3.8, 4) is 22.5 Å². The summed E-state index contributed by atoms with van der Waals surface area (Å²) in [5, 5.41) is 8.67. The van der Waals surface area contributed by atoms with E-state index < -0.39 is 0 Å². The van der Waals surface area contributed by atoms with Crippen molar-refractivity contribution in [2.45, 2.75) is 32.7 Å². The van der Waals surface area contributed by atoms with Gasteiger partial charge in [0.25, 0.3) is 0 Å². The predicted molar refractivity (Wildman–Crippen MR) is 151 cm³/mol. The summed E-state index contributed by atoms with van der Waals surface area (Å²) in [5.41, 5.74) is 9.09. The molecule has 1 N–H and O–H groups in total. The lowest BCUT2D eigenvalue weighted by molar-refractivity contribution is 0.645. The van der Waals surface area contributed by atoms with Crippen molar-refractivity contribution in [2.75, 3.05) is 5.32 Å². The zero-order valence-corrected chi connectivity index (χ0v) is 21.9. The lowest BCUT2D eigenvalue weighted by atomic mass is 9.98. The van der Waals surface area contributed by atoms with Crippen LogP contribution in [-0.2, 0) is 13.0 Å². The Labute approximate surface area is 218 Å². The first-order valence-electron chi connectivity index (χ1n) is 11.9. The zero-order valence-electron chi connectivity index (χ0n) is 19.5. The van der Waals surface area contributed by atoms with E-state index in [4.69, 9.17) is 17.3 Å². The first-order chi connectivity index (χ1) is 17.1. The number of anilines is 1. The van der Waals surface area contributed by atoms with Crippen LogP contribution in [0.15, 0.2) is 83.3 Å². The van der Waals surface area contributed by atoms with Gasteiger partial charge in [-0.15, -0.1) is 5.10 Å². The van der Waals surface area contributed by atoms with Crippen LogP contribution in [-0.4, -0.2) is 19.2 Å². The molecule has 35 heavy (non-hydrogen) atoms. The second kappa shape index (κ2) is 9.10. The largest absolute Gasteiger partial charge is 0.345 e. The van der Waals surface area contributed by atoms with E-state index in [-0.39, 0.29) is 0 Å². The van der Waals surface area contributed by atoms with E-state index in [0.717, 1.165) is 64.3 Å².